The number of rotatable bonds is 5. The summed E-state index contributed by atoms with van der Waals surface area (Å²) in [5, 5.41) is 0. The van der Waals surface area contributed by atoms with Crippen LogP contribution in [0.25, 0.3) is 11.2 Å². The standard InChI is InChI=1S/C20H24N6O5/c1-13(27)11-26-15(21-17-16(26)19(29)23(3)20(30)22(17)2)12-24-6-8-25(9-7-24)18(28)14-5-4-10-31-14/h4-5,10H,6-9,11-12H2,1-3H3. The maximum atomic E-state index is 12.8. The van der Waals surface area contributed by atoms with Gasteiger partial charge in [0.25, 0.3) is 11.5 Å². The van der Waals surface area contributed by atoms with Crippen LogP contribution in [0.15, 0.2) is 32.4 Å². The van der Waals surface area contributed by atoms with E-state index in [1.807, 2.05) is 0 Å². The normalized spacial score (nSPS) is 15.0. The van der Waals surface area contributed by atoms with Crippen LogP contribution < -0.4 is 11.2 Å². The van der Waals surface area contributed by atoms with E-state index in [-0.39, 0.29) is 29.4 Å². The van der Waals surface area contributed by atoms with E-state index in [0.717, 1.165) is 4.57 Å². The molecule has 0 aliphatic carbocycles. The first-order valence-electron chi connectivity index (χ1n) is 9.97. The Morgan fingerprint density at radius 3 is 2.42 bits per heavy atom. The number of carbonyl (C=O) groups is 2. The molecule has 1 aliphatic rings. The van der Waals surface area contributed by atoms with Gasteiger partial charge in [0.05, 0.1) is 19.4 Å². The van der Waals surface area contributed by atoms with Crippen LogP contribution in [0.2, 0.25) is 0 Å². The lowest BCUT2D eigenvalue weighted by Crippen LogP contribution is -2.48. The third-order valence-electron chi connectivity index (χ3n) is 5.56. The zero-order valence-electron chi connectivity index (χ0n) is 17.7. The van der Waals surface area contributed by atoms with Crippen LogP contribution in [0.1, 0.15) is 23.3 Å². The number of Topliss-reactive ketones (excluding diaryl/α,β-unsaturated/α-hetero) is 1. The van der Waals surface area contributed by atoms with Crippen molar-refractivity contribution >= 4 is 22.9 Å². The smallest absolute Gasteiger partial charge is 0.332 e. The summed E-state index contributed by atoms with van der Waals surface area (Å²) in [6.45, 7) is 4.08. The SMILES string of the molecule is CC(=O)Cn1c(CN2CCN(C(=O)c3ccco3)CC2)nc2c1c(=O)n(C)c(=O)n2C. The summed E-state index contributed by atoms with van der Waals surface area (Å²) in [5.41, 5.74) is -0.453. The molecular weight excluding hydrogens is 404 g/mol. The molecule has 0 bridgehead atoms. The molecule has 31 heavy (non-hydrogen) atoms. The number of hydrogen-bond acceptors (Lipinski definition) is 7. The lowest BCUT2D eigenvalue weighted by molar-refractivity contribution is -0.117. The van der Waals surface area contributed by atoms with Crippen molar-refractivity contribution in [2.24, 2.45) is 14.1 Å². The van der Waals surface area contributed by atoms with Crippen molar-refractivity contribution in [1.82, 2.24) is 28.5 Å². The molecule has 1 saturated heterocycles. The number of furan rings is 1. The van der Waals surface area contributed by atoms with Crippen LogP contribution in [0, 0.1) is 0 Å². The topological polar surface area (TPSA) is 116 Å². The summed E-state index contributed by atoms with van der Waals surface area (Å²) >= 11 is 0. The van der Waals surface area contributed by atoms with Gasteiger partial charge in [0.1, 0.15) is 11.6 Å². The Morgan fingerprint density at radius 1 is 1.10 bits per heavy atom. The van der Waals surface area contributed by atoms with Crippen LogP contribution in [0.5, 0.6) is 0 Å². The van der Waals surface area contributed by atoms with Gasteiger partial charge in [-0.2, -0.15) is 0 Å². The van der Waals surface area contributed by atoms with Crippen molar-refractivity contribution in [3.63, 3.8) is 0 Å². The van der Waals surface area contributed by atoms with Crippen molar-refractivity contribution in [2.45, 2.75) is 20.0 Å². The highest BCUT2D eigenvalue weighted by molar-refractivity contribution is 5.91. The molecule has 1 aliphatic heterocycles. The van der Waals surface area contributed by atoms with Crippen LogP contribution in [-0.4, -0.2) is 66.4 Å². The molecule has 0 aromatic carbocycles. The Balaban J connectivity index is 1.60. The predicted octanol–water partition coefficient (Wildman–Crippen LogP) is -0.426. The second-order valence-corrected chi connectivity index (χ2v) is 7.74. The van der Waals surface area contributed by atoms with Crippen LogP contribution in [0.4, 0.5) is 0 Å². The van der Waals surface area contributed by atoms with E-state index in [0.29, 0.717) is 44.3 Å². The van der Waals surface area contributed by atoms with Crippen molar-refractivity contribution in [1.29, 1.82) is 0 Å². The summed E-state index contributed by atoms with van der Waals surface area (Å²) in [5.74, 6) is 0.583. The first-order valence-corrected chi connectivity index (χ1v) is 9.97. The number of imidazole rings is 1. The molecule has 3 aromatic rings. The molecule has 3 aromatic heterocycles. The second kappa shape index (κ2) is 7.99. The molecular formula is C20H24N6O5. The van der Waals surface area contributed by atoms with E-state index >= 15 is 0 Å². The summed E-state index contributed by atoms with van der Waals surface area (Å²) in [4.78, 5) is 57.7. The number of piperazine rings is 1. The van der Waals surface area contributed by atoms with E-state index in [1.165, 1.54) is 24.8 Å². The van der Waals surface area contributed by atoms with E-state index in [1.54, 1.807) is 28.6 Å². The first kappa shape index (κ1) is 20.8. The Kier molecular flexibility index (Phi) is 5.36. The zero-order chi connectivity index (χ0) is 22.3. The number of ketones is 1. The molecule has 4 rings (SSSR count). The van der Waals surface area contributed by atoms with E-state index < -0.39 is 11.2 Å². The lowest BCUT2D eigenvalue weighted by Gasteiger charge is -2.34. The van der Waals surface area contributed by atoms with E-state index in [2.05, 4.69) is 9.88 Å². The summed E-state index contributed by atoms with van der Waals surface area (Å²) in [6, 6.07) is 3.32. The van der Waals surface area contributed by atoms with Gasteiger partial charge in [-0.05, 0) is 19.1 Å². The minimum Gasteiger partial charge on any atom is -0.459 e. The average Bonchev–Trinajstić information content (AvgIpc) is 3.40. The molecule has 11 nitrogen and oxygen atoms in total. The number of carbonyl (C=O) groups excluding carboxylic acids is 2. The lowest BCUT2D eigenvalue weighted by atomic mass is 10.2. The summed E-state index contributed by atoms with van der Waals surface area (Å²) < 4.78 is 9.12. The molecule has 0 unspecified atom stereocenters. The van der Waals surface area contributed by atoms with Crippen molar-refractivity contribution in [3.05, 3.63) is 50.8 Å². The third kappa shape index (κ3) is 3.72. The average molecular weight is 428 g/mol. The Bertz CT molecular complexity index is 1260. The van der Waals surface area contributed by atoms with Crippen molar-refractivity contribution in [2.75, 3.05) is 26.2 Å². The molecule has 4 heterocycles. The minimum absolute atomic E-state index is 0.00375. The van der Waals surface area contributed by atoms with Gasteiger partial charge in [0, 0.05) is 40.3 Å². The van der Waals surface area contributed by atoms with Gasteiger partial charge in [0.2, 0.25) is 0 Å². The van der Waals surface area contributed by atoms with E-state index in [4.69, 9.17) is 4.42 Å². The van der Waals surface area contributed by atoms with Crippen molar-refractivity contribution < 1.29 is 14.0 Å². The molecule has 0 saturated carbocycles. The third-order valence-corrected chi connectivity index (χ3v) is 5.56. The minimum atomic E-state index is -0.480. The maximum Gasteiger partial charge on any atom is 0.332 e. The van der Waals surface area contributed by atoms with Gasteiger partial charge in [-0.1, -0.05) is 0 Å². The Hall–Kier alpha value is -3.47. The zero-order valence-corrected chi connectivity index (χ0v) is 17.7. The maximum absolute atomic E-state index is 12.8. The second-order valence-electron chi connectivity index (χ2n) is 7.74. The fourth-order valence-electron chi connectivity index (χ4n) is 3.87. The number of nitrogens with zero attached hydrogens (tertiary/aromatic N) is 6. The highest BCUT2D eigenvalue weighted by Gasteiger charge is 2.26. The van der Waals surface area contributed by atoms with Gasteiger partial charge in [-0.3, -0.25) is 28.4 Å². The van der Waals surface area contributed by atoms with Crippen LogP contribution >= 0.6 is 0 Å². The molecule has 0 N–H and O–H groups in total. The highest BCUT2D eigenvalue weighted by Crippen LogP contribution is 2.16. The van der Waals surface area contributed by atoms with Crippen LogP contribution in [0.3, 0.4) is 0 Å². The van der Waals surface area contributed by atoms with Crippen molar-refractivity contribution in [3.8, 4) is 0 Å². The highest BCUT2D eigenvalue weighted by atomic mass is 16.3. The number of aryl methyl sites for hydroxylation is 1. The predicted molar refractivity (Wildman–Crippen MR) is 111 cm³/mol. The molecule has 1 amide bonds. The fraction of sp³-hybridized carbons (Fsp3) is 0.450. The van der Waals surface area contributed by atoms with Crippen LogP contribution in [-0.2, 0) is 32.0 Å². The van der Waals surface area contributed by atoms with Gasteiger partial charge in [-0.25, -0.2) is 9.78 Å². The molecule has 11 heteroatoms. The molecule has 0 atom stereocenters. The van der Waals surface area contributed by atoms with E-state index in [9.17, 15) is 19.2 Å². The largest absolute Gasteiger partial charge is 0.459 e. The van der Waals surface area contributed by atoms with Gasteiger partial charge in [0.15, 0.2) is 16.9 Å². The Labute approximate surface area is 177 Å². The molecule has 1 fully saturated rings. The number of fused-ring (bicyclic) bond motifs is 1. The monoisotopic (exact) mass is 428 g/mol. The van der Waals surface area contributed by atoms with Gasteiger partial charge >= 0.3 is 5.69 Å². The summed E-state index contributed by atoms with van der Waals surface area (Å²) in [7, 11) is 2.96. The quantitative estimate of drug-likeness (QED) is 0.542. The van der Waals surface area contributed by atoms with Gasteiger partial charge < -0.3 is 13.9 Å². The number of amides is 1. The molecule has 0 radical (unpaired) electrons. The Morgan fingerprint density at radius 2 is 1.81 bits per heavy atom. The first-order chi connectivity index (χ1) is 14.8. The summed E-state index contributed by atoms with van der Waals surface area (Å²) in [6.07, 6.45) is 1.47. The fourth-order valence-corrected chi connectivity index (χ4v) is 3.87. The molecule has 164 valence electrons. The van der Waals surface area contributed by atoms with Gasteiger partial charge in [-0.15, -0.1) is 0 Å². The molecule has 0 spiro atoms. The number of hydrogen-bond donors (Lipinski definition) is 0. The number of aromatic nitrogens is 4.